The Bertz CT molecular complexity index is 1320. The molecule has 13 heteroatoms. The Morgan fingerprint density at radius 3 is 2.61 bits per heavy atom. The van der Waals surface area contributed by atoms with Gasteiger partial charge < -0.3 is 25.4 Å². The second kappa shape index (κ2) is 9.67. The Hall–Kier alpha value is -4.62. The summed E-state index contributed by atoms with van der Waals surface area (Å²) in [6.07, 6.45) is 0. The fraction of sp³-hybridized carbons (Fsp3) is 0.150. The van der Waals surface area contributed by atoms with Crippen molar-refractivity contribution < 1.29 is 28.6 Å². The maximum Gasteiger partial charge on any atom is 0.339 e. The number of carbonyl (C=O) groups excluding carboxylic acids is 2. The van der Waals surface area contributed by atoms with Crippen molar-refractivity contribution in [3.8, 4) is 29.3 Å². The van der Waals surface area contributed by atoms with E-state index in [0.29, 0.717) is 0 Å². The molecule has 3 aromatic rings. The number of nitriles is 2. The van der Waals surface area contributed by atoms with Gasteiger partial charge in [0.1, 0.15) is 28.5 Å². The Labute approximate surface area is 191 Å². The second-order valence-electron chi connectivity index (χ2n) is 6.36. The standard InChI is InChI=1S/C20H15N7O5S/c1-27-16(20(30)32-26-27)15-11(7-21)17(23)25-18(12(15)8-22)33-9-14(28)24-13-6-4-3-5-10(13)19(29)31-2/h3-6H,9H2,1-2H3,(H3-,23,24,25,26,28,29,30). The summed E-state index contributed by atoms with van der Waals surface area (Å²) in [6, 6.07) is 10.0. The molecule has 3 rings (SSSR count). The first kappa shape index (κ1) is 23.1. The minimum atomic E-state index is -0.871. The third-order valence-electron chi connectivity index (χ3n) is 4.36. The Balaban J connectivity index is 1.93. The molecule has 3 N–H and O–H groups in total. The molecule has 0 aliphatic rings. The van der Waals surface area contributed by atoms with E-state index in [1.807, 2.05) is 12.1 Å². The predicted molar refractivity (Wildman–Crippen MR) is 111 cm³/mol. The van der Waals surface area contributed by atoms with Crippen LogP contribution >= 0.6 is 11.8 Å². The molecule has 12 nitrogen and oxygen atoms in total. The molecule has 0 radical (unpaired) electrons. The van der Waals surface area contributed by atoms with Gasteiger partial charge in [0.25, 0.3) is 5.69 Å². The van der Waals surface area contributed by atoms with E-state index in [1.165, 1.54) is 26.3 Å². The van der Waals surface area contributed by atoms with Crippen molar-refractivity contribution in [2.24, 2.45) is 7.05 Å². The number of carbonyl (C=O) groups is 2. The number of anilines is 2. The highest BCUT2D eigenvalue weighted by Gasteiger charge is 2.29. The number of para-hydroxylation sites is 1. The summed E-state index contributed by atoms with van der Waals surface area (Å²) in [7, 11) is 2.62. The maximum atomic E-state index is 12.5. The van der Waals surface area contributed by atoms with Gasteiger partial charge in [0.05, 0.1) is 40.5 Å². The number of nitrogen functional groups attached to an aromatic ring is 1. The largest absolute Gasteiger partial charge is 0.539 e. The Morgan fingerprint density at radius 1 is 1.30 bits per heavy atom. The lowest BCUT2D eigenvalue weighted by molar-refractivity contribution is -0.730. The quantitative estimate of drug-likeness (QED) is 0.292. The van der Waals surface area contributed by atoms with Gasteiger partial charge in [0.2, 0.25) is 5.91 Å². The van der Waals surface area contributed by atoms with Crippen LogP contribution < -0.4 is 20.8 Å². The highest BCUT2D eigenvalue weighted by Crippen LogP contribution is 2.36. The van der Waals surface area contributed by atoms with Crippen molar-refractivity contribution in [3.63, 3.8) is 0 Å². The number of methoxy groups -OCH3 is 1. The van der Waals surface area contributed by atoms with Gasteiger partial charge in [-0.25, -0.2) is 9.78 Å². The van der Waals surface area contributed by atoms with E-state index in [-0.39, 0.29) is 50.2 Å². The molecule has 0 aliphatic heterocycles. The number of ether oxygens (including phenoxy) is 1. The summed E-state index contributed by atoms with van der Waals surface area (Å²) in [5.41, 5.74) is 5.74. The van der Waals surface area contributed by atoms with Crippen LogP contribution in [0.15, 0.2) is 33.8 Å². The van der Waals surface area contributed by atoms with Crippen molar-refractivity contribution in [2.45, 2.75) is 5.03 Å². The van der Waals surface area contributed by atoms with Gasteiger partial charge >= 0.3 is 5.97 Å². The van der Waals surface area contributed by atoms with Crippen molar-refractivity contribution in [3.05, 3.63) is 41.0 Å². The molecule has 0 aliphatic carbocycles. The number of nitrogens with one attached hydrogen (secondary N) is 1. The number of thioether (sulfide) groups is 1. The summed E-state index contributed by atoms with van der Waals surface area (Å²) in [6.45, 7) is 0. The Kier molecular flexibility index (Phi) is 6.76. The van der Waals surface area contributed by atoms with Crippen LogP contribution in [-0.2, 0) is 16.6 Å². The Morgan fingerprint density at radius 2 is 2.00 bits per heavy atom. The van der Waals surface area contributed by atoms with Crippen LogP contribution in [0.3, 0.4) is 0 Å². The SMILES string of the molecule is COC(=O)c1ccccc1NC(=O)CSc1nc(N)c(C#N)c(-c2c([O-])on[n+]2C)c1C#N. The van der Waals surface area contributed by atoms with Gasteiger partial charge in [0.15, 0.2) is 13.0 Å². The average molecular weight is 465 g/mol. The first-order valence-corrected chi connectivity index (χ1v) is 10.1. The fourth-order valence-corrected chi connectivity index (χ4v) is 3.71. The van der Waals surface area contributed by atoms with E-state index in [0.717, 1.165) is 16.4 Å². The second-order valence-corrected chi connectivity index (χ2v) is 7.32. The summed E-state index contributed by atoms with van der Waals surface area (Å²) >= 11 is 0.862. The molecular weight excluding hydrogens is 450 g/mol. The maximum absolute atomic E-state index is 12.5. The van der Waals surface area contributed by atoms with Crippen molar-refractivity contribution >= 4 is 35.1 Å². The molecule has 33 heavy (non-hydrogen) atoms. The van der Waals surface area contributed by atoms with E-state index in [9.17, 15) is 25.2 Å². The summed E-state index contributed by atoms with van der Waals surface area (Å²) in [4.78, 5) is 28.5. The molecular formula is C20H15N7O5S. The first-order valence-electron chi connectivity index (χ1n) is 9.09. The summed E-state index contributed by atoms with van der Waals surface area (Å²) in [5.74, 6) is -2.45. The van der Waals surface area contributed by atoms with Gasteiger partial charge in [0, 0.05) is 0 Å². The van der Waals surface area contributed by atoms with Crippen LogP contribution in [-0.4, -0.2) is 35.0 Å². The molecule has 0 bridgehead atoms. The van der Waals surface area contributed by atoms with Crippen LogP contribution in [0, 0.1) is 22.7 Å². The van der Waals surface area contributed by atoms with Crippen LogP contribution in [0.2, 0.25) is 0 Å². The fourth-order valence-electron chi connectivity index (χ4n) is 2.92. The number of hydrogen-bond donors (Lipinski definition) is 2. The lowest BCUT2D eigenvalue weighted by atomic mass is 10.0. The molecule has 0 atom stereocenters. The number of pyridine rings is 1. The zero-order chi connectivity index (χ0) is 24.1. The van der Waals surface area contributed by atoms with Gasteiger partial charge in [-0.15, -0.1) is 0 Å². The lowest BCUT2D eigenvalue weighted by Crippen LogP contribution is -2.32. The van der Waals surface area contributed by atoms with Crippen molar-refractivity contribution in [1.82, 2.24) is 10.3 Å². The van der Waals surface area contributed by atoms with E-state index in [2.05, 4.69) is 20.1 Å². The molecule has 2 heterocycles. The predicted octanol–water partition coefficient (Wildman–Crippen LogP) is 0.478. The molecule has 0 saturated carbocycles. The van der Waals surface area contributed by atoms with Crippen molar-refractivity contribution in [2.75, 3.05) is 23.9 Å². The minimum absolute atomic E-state index is 0.0287. The number of nitrogens with zero attached hydrogens (tertiary/aromatic N) is 5. The number of nitrogens with two attached hydrogens (primary N) is 1. The molecule has 0 unspecified atom stereocenters. The molecule has 0 spiro atoms. The molecule has 0 saturated heterocycles. The van der Waals surface area contributed by atoms with Gasteiger partial charge in [-0.1, -0.05) is 28.6 Å². The smallest absolute Gasteiger partial charge is 0.339 e. The summed E-state index contributed by atoms with van der Waals surface area (Å²) in [5, 5.41) is 37.5. The lowest BCUT2D eigenvalue weighted by Gasteiger charge is -2.12. The van der Waals surface area contributed by atoms with Gasteiger partial charge in [-0.2, -0.15) is 10.5 Å². The van der Waals surface area contributed by atoms with Crippen LogP contribution in [0.5, 0.6) is 5.95 Å². The third-order valence-corrected chi connectivity index (χ3v) is 5.34. The zero-order valence-electron chi connectivity index (χ0n) is 17.3. The van der Waals surface area contributed by atoms with E-state index >= 15 is 0 Å². The van der Waals surface area contributed by atoms with E-state index in [4.69, 9.17) is 10.5 Å². The third kappa shape index (κ3) is 4.53. The average Bonchev–Trinajstić information content (AvgIpc) is 3.14. The monoisotopic (exact) mass is 465 g/mol. The number of aryl methyl sites for hydroxylation is 1. The van der Waals surface area contributed by atoms with Crippen LogP contribution in [0.25, 0.3) is 11.3 Å². The van der Waals surface area contributed by atoms with Crippen LogP contribution in [0.4, 0.5) is 11.5 Å². The van der Waals surface area contributed by atoms with Gasteiger partial charge in [-0.05, 0) is 12.1 Å². The molecule has 1 amide bonds. The van der Waals surface area contributed by atoms with E-state index < -0.39 is 17.8 Å². The van der Waals surface area contributed by atoms with E-state index in [1.54, 1.807) is 12.1 Å². The number of rotatable bonds is 6. The molecule has 2 aromatic heterocycles. The normalized spacial score (nSPS) is 10.2. The highest BCUT2D eigenvalue weighted by atomic mass is 32.2. The molecule has 1 aromatic carbocycles. The topological polar surface area (TPSA) is 195 Å². The number of esters is 1. The van der Waals surface area contributed by atoms with Crippen LogP contribution in [0.1, 0.15) is 21.5 Å². The molecule has 166 valence electrons. The zero-order valence-corrected chi connectivity index (χ0v) is 18.1. The number of hydrogen-bond acceptors (Lipinski definition) is 11. The number of amides is 1. The molecule has 0 fully saturated rings. The number of aromatic nitrogens is 3. The van der Waals surface area contributed by atoms with Crippen molar-refractivity contribution in [1.29, 1.82) is 10.5 Å². The van der Waals surface area contributed by atoms with Gasteiger partial charge in [-0.3, -0.25) is 4.79 Å². The highest BCUT2D eigenvalue weighted by molar-refractivity contribution is 8.00. The number of benzene rings is 1. The summed E-state index contributed by atoms with van der Waals surface area (Å²) < 4.78 is 10.4. The first-order chi connectivity index (χ1) is 15.8. The minimum Gasteiger partial charge on any atom is -0.539 e.